The largest absolute Gasteiger partial charge is 0.443 e. The Hall–Kier alpha value is -2.78. The van der Waals surface area contributed by atoms with Crippen LogP contribution >= 0.6 is 0 Å². The van der Waals surface area contributed by atoms with Crippen LogP contribution in [0.15, 0.2) is 0 Å². The van der Waals surface area contributed by atoms with Gasteiger partial charge >= 0.3 is 42.4 Å². The number of carbonyl (C=O) groups excluding carboxylic acids is 5. The average molecular weight is 821 g/mol. The van der Waals surface area contributed by atoms with E-state index in [-0.39, 0.29) is 0 Å². The van der Waals surface area contributed by atoms with E-state index in [0.717, 1.165) is 13.1 Å². The minimum atomic E-state index is -5.26. The Kier molecular flexibility index (Phi) is 15.5. The van der Waals surface area contributed by atoms with E-state index in [1.165, 1.54) is 125 Å². The van der Waals surface area contributed by atoms with Crippen molar-refractivity contribution in [2.45, 2.75) is 182 Å². The Morgan fingerprint density at radius 1 is 0.426 bits per heavy atom. The first-order valence-electron chi connectivity index (χ1n) is 17.5. The van der Waals surface area contributed by atoms with Gasteiger partial charge in [0.2, 0.25) is 16.6 Å². The molecule has 13 nitrogen and oxygen atoms in total. The molecule has 0 aromatic carbocycles. The molecule has 0 aliphatic carbocycles. The summed E-state index contributed by atoms with van der Waals surface area (Å²) >= 11 is 0. The molecule has 2 unspecified atom stereocenters. The highest BCUT2D eigenvalue weighted by molar-refractivity contribution is 6.76. The molecule has 0 N–H and O–H groups in total. The zero-order valence-corrected chi connectivity index (χ0v) is 37.8. The van der Waals surface area contributed by atoms with Gasteiger partial charge in [0.15, 0.2) is 0 Å². The van der Waals surface area contributed by atoms with Gasteiger partial charge in [-0.2, -0.15) is 17.6 Å². The lowest BCUT2D eigenvalue weighted by Gasteiger charge is -2.45. The molecule has 0 saturated carbocycles. The molecule has 316 valence electrons. The Bertz CT molecular complexity index is 1230. The molecule has 0 bridgehead atoms. The molecule has 0 aliphatic heterocycles. The number of rotatable bonds is 10. The molecule has 0 aromatic heterocycles. The third-order valence-electron chi connectivity index (χ3n) is 7.78. The molecule has 2 atom stereocenters. The van der Waals surface area contributed by atoms with Crippen molar-refractivity contribution in [3.8, 4) is 0 Å². The van der Waals surface area contributed by atoms with E-state index in [2.05, 4.69) is 0 Å². The fourth-order valence-corrected chi connectivity index (χ4v) is 8.68. The van der Waals surface area contributed by atoms with Crippen molar-refractivity contribution in [1.29, 1.82) is 0 Å². The number of alkyl halides is 4. The number of ketones is 1. The van der Waals surface area contributed by atoms with Crippen LogP contribution in [0, 0.1) is 0 Å². The Labute approximate surface area is 320 Å². The number of Topliss-reactive ketones (excluding diaryl/α,β-unsaturated/α-hetero) is 1. The Balaban J connectivity index is 7.08. The summed E-state index contributed by atoms with van der Waals surface area (Å²) in [5, 5.41) is -2.68. The van der Waals surface area contributed by atoms with Crippen LogP contribution in [0.25, 0.3) is 0 Å². The maximum absolute atomic E-state index is 16.0. The van der Waals surface area contributed by atoms with Gasteiger partial charge in [0.25, 0.3) is 0 Å². The molecule has 54 heavy (non-hydrogen) atoms. The lowest BCUT2D eigenvalue weighted by Crippen LogP contribution is -2.64. The molecule has 0 radical (unpaired) electrons. The van der Waals surface area contributed by atoms with Gasteiger partial charge in [0, 0.05) is 0 Å². The van der Waals surface area contributed by atoms with Crippen molar-refractivity contribution in [2.75, 3.05) is 12.3 Å². The second-order valence-electron chi connectivity index (χ2n) is 19.6. The van der Waals surface area contributed by atoms with Crippen LogP contribution in [-0.4, -0.2) is 104 Å². The first-order chi connectivity index (χ1) is 23.3. The summed E-state index contributed by atoms with van der Waals surface area (Å²) in [5.74, 6) is -3.08. The van der Waals surface area contributed by atoms with Gasteiger partial charge in [-0.25, -0.2) is 29.0 Å². The van der Waals surface area contributed by atoms with Crippen LogP contribution in [0.4, 0.5) is 36.7 Å². The number of halogens is 4. The van der Waals surface area contributed by atoms with Crippen molar-refractivity contribution in [2.24, 2.45) is 0 Å². The smallest absolute Gasteiger partial charge is 0.419 e. The van der Waals surface area contributed by atoms with Crippen LogP contribution in [0.1, 0.15) is 125 Å². The molecule has 0 fully saturated rings. The Morgan fingerprint density at radius 2 is 0.611 bits per heavy atom. The second-order valence-corrected chi connectivity index (χ2v) is 28.6. The molecule has 0 rings (SSSR count). The number of carbonyl (C=O) groups is 5. The van der Waals surface area contributed by atoms with Crippen molar-refractivity contribution in [3.63, 3.8) is 0 Å². The van der Waals surface area contributed by atoms with E-state index in [1.54, 1.807) is 0 Å². The van der Waals surface area contributed by atoms with Crippen LogP contribution in [-0.2, 0) is 32.6 Å². The van der Waals surface area contributed by atoms with Gasteiger partial charge < -0.3 is 27.8 Å². The lowest BCUT2D eigenvalue weighted by atomic mass is 10.2. The fourth-order valence-electron chi connectivity index (χ4n) is 3.95. The summed E-state index contributed by atoms with van der Waals surface area (Å²) < 4.78 is 95.5. The molecule has 0 heterocycles. The summed E-state index contributed by atoms with van der Waals surface area (Å²) in [4.78, 5) is 67.1. The van der Waals surface area contributed by atoms with Crippen LogP contribution in [0.5, 0.6) is 0 Å². The molecule has 0 aliphatic rings. The average Bonchev–Trinajstić information content (AvgIpc) is 2.83. The Morgan fingerprint density at radius 3 is 0.759 bits per heavy atom. The van der Waals surface area contributed by atoms with Crippen LogP contribution < -0.4 is 0 Å². The summed E-state index contributed by atoms with van der Waals surface area (Å²) in [7, 11) is -8.84. The standard InChI is InChI=1S/C35H64F4N2O11Si2/c1-28(2,3)47-24(43)40(25(44)48-29(4,5)6)21-53(19,32(13,14)15)51-34(36,37)23(42)35(38,39)52-54(20,33(16,17)18)22-41(26(45)49-30(7,8)9)27(46)50-31(10,11)12/h21-22H2,1-20H3. The zero-order valence-electron chi connectivity index (χ0n) is 35.8. The quantitative estimate of drug-likeness (QED) is 0.118. The predicted octanol–water partition coefficient (Wildman–Crippen LogP) is 9.95. The van der Waals surface area contributed by atoms with Crippen molar-refractivity contribution in [3.05, 3.63) is 0 Å². The monoisotopic (exact) mass is 820 g/mol. The van der Waals surface area contributed by atoms with Crippen molar-refractivity contribution in [1.82, 2.24) is 9.80 Å². The summed E-state index contributed by atoms with van der Waals surface area (Å²) in [6, 6.07) is 0. The molecular formula is C35H64F4N2O11Si2. The van der Waals surface area contributed by atoms with Crippen LogP contribution in [0.3, 0.4) is 0 Å². The molecule has 0 spiro atoms. The van der Waals surface area contributed by atoms with Gasteiger partial charge in [0.1, 0.15) is 22.4 Å². The van der Waals surface area contributed by atoms with Gasteiger partial charge in [-0.1, -0.05) is 41.5 Å². The molecule has 19 heteroatoms. The predicted molar refractivity (Wildman–Crippen MR) is 198 cm³/mol. The normalized spacial score (nSPS) is 16.0. The van der Waals surface area contributed by atoms with Crippen LogP contribution in [0.2, 0.25) is 23.2 Å². The van der Waals surface area contributed by atoms with E-state index in [4.69, 9.17) is 27.8 Å². The first kappa shape index (κ1) is 51.2. The highest BCUT2D eigenvalue weighted by atomic mass is 28.4. The summed E-state index contributed by atoms with van der Waals surface area (Å²) in [6.45, 7) is 28.8. The molecular weight excluding hydrogens is 757 g/mol. The summed E-state index contributed by atoms with van der Waals surface area (Å²) in [5.41, 5.74) is -4.60. The molecule has 4 amide bonds. The third kappa shape index (κ3) is 15.8. The maximum Gasteiger partial charge on any atom is 0.419 e. The number of imide groups is 2. The van der Waals surface area contributed by atoms with Gasteiger partial charge in [-0.05, 0) is 106 Å². The number of hydrogen-bond donors (Lipinski definition) is 0. The molecule has 0 saturated heterocycles. The second kappa shape index (κ2) is 16.4. The molecule has 0 aromatic rings. The SMILES string of the molecule is CC(C)(C)OC(=O)N(C[Si](C)(OC(F)(F)C(=O)C(F)(F)O[Si](C)(CN(C(=O)OC(C)(C)C)C(=O)OC(C)(C)C)C(C)(C)C)C(C)(C)C)C(=O)OC(C)(C)C. The van der Waals surface area contributed by atoms with Crippen molar-refractivity contribution < 1.29 is 69.3 Å². The maximum atomic E-state index is 16.0. The van der Waals surface area contributed by atoms with Gasteiger partial charge in [0.05, 0.1) is 12.3 Å². The third-order valence-corrected chi connectivity index (χ3v) is 17.4. The lowest BCUT2D eigenvalue weighted by molar-refractivity contribution is -0.249. The van der Waals surface area contributed by atoms with Gasteiger partial charge in [-0.15, -0.1) is 0 Å². The van der Waals surface area contributed by atoms with E-state index < -0.39 is 104 Å². The minimum absolute atomic E-state index is 0.411. The number of ether oxygens (including phenoxy) is 4. The summed E-state index contributed by atoms with van der Waals surface area (Å²) in [6.07, 6.45) is -17.4. The van der Waals surface area contributed by atoms with E-state index in [9.17, 15) is 24.0 Å². The highest BCUT2D eigenvalue weighted by Gasteiger charge is 2.65. The van der Waals surface area contributed by atoms with E-state index in [0.29, 0.717) is 9.80 Å². The van der Waals surface area contributed by atoms with Gasteiger partial charge in [-0.3, -0.25) is 4.79 Å². The fraction of sp³-hybridized carbons (Fsp3) is 0.857. The number of hydrogen-bond acceptors (Lipinski definition) is 11. The first-order valence-corrected chi connectivity index (χ1v) is 22.7. The van der Waals surface area contributed by atoms with E-state index >= 15 is 17.6 Å². The highest BCUT2D eigenvalue weighted by Crippen LogP contribution is 2.46. The van der Waals surface area contributed by atoms with E-state index in [1.807, 2.05) is 0 Å². The number of nitrogens with zero attached hydrogens (tertiary/aromatic N) is 2. The van der Waals surface area contributed by atoms with Crippen molar-refractivity contribution >= 4 is 46.8 Å². The topological polar surface area (TPSA) is 147 Å². The number of amides is 4. The minimum Gasteiger partial charge on any atom is -0.443 e. The zero-order chi connectivity index (χ0) is 43.7.